The number of benzene rings is 1. The minimum absolute atomic E-state index is 0.0187. The van der Waals surface area contributed by atoms with Crippen molar-refractivity contribution in [2.24, 2.45) is 0 Å². The molecule has 0 aliphatic carbocycles. The maximum atomic E-state index is 12.3. The third kappa shape index (κ3) is 5.90. The fraction of sp³-hybridized carbons (Fsp3) is 0.450. The molecule has 2 N–H and O–H groups in total. The van der Waals surface area contributed by atoms with Crippen molar-refractivity contribution in [3.8, 4) is 0 Å². The average Bonchev–Trinajstić information content (AvgIpc) is 3.07. The van der Waals surface area contributed by atoms with Crippen molar-refractivity contribution in [2.45, 2.75) is 20.4 Å². The standard InChI is InChI=1S/C20H28N6O2/c1-16-21-7-8-26(16)14-13-24-9-11-25(12-10-24)15-20(28)23-19-5-3-18(4-6-19)22-17(2)27/h3-8H,9-15H2,1-2H3,(H,22,27)(H,23,28). The van der Waals surface area contributed by atoms with Crippen molar-refractivity contribution in [3.63, 3.8) is 0 Å². The Balaban J connectivity index is 1.37. The zero-order valence-corrected chi connectivity index (χ0v) is 16.5. The molecule has 3 rings (SSSR count). The summed E-state index contributed by atoms with van der Waals surface area (Å²) < 4.78 is 2.16. The molecule has 0 bridgehead atoms. The molecule has 1 fully saturated rings. The second-order valence-electron chi connectivity index (χ2n) is 7.09. The quantitative estimate of drug-likeness (QED) is 0.754. The van der Waals surface area contributed by atoms with Gasteiger partial charge in [0.1, 0.15) is 5.82 Å². The lowest BCUT2D eigenvalue weighted by Gasteiger charge is -2.34. The van der Waals surface area contributed by atoms with Gasteiger partial charge < -0.3 is 15.2 Å². The van der Waals surface area contributed by atoms with Crippen LogP contribution in [0.15, 0.2) is 36.7 Å². The van der Waals surface area contributed by atoms with Gasteiger partial charge in [0.05, 0.1) is 6.54 Å². The number of imidazole rings is 1. The molecule has 28 heavy (non-hydrogen) atoms. The van der Waals surface area contributed by atoms with Crippen LogP contribution in [-0.4, -0.2) is 70.4 Å². The third-order valence-electron chi connectivity index (χ3n) is 4.90. The van der Waals surface area contributed by atoms with Crippen LogP contribution in [-0.2, 0) is 16.1 Å². The maximum Gasteiger partial charge on any atom is 0.238 e. The topological polar surface area (TPSA) is 82.5 Å². The van der Waals surface area contributed by atoms with Crippen LogP contribution in [0.4, 0.5) is 11.4 Å². The van der Waals surface area contributed by atoms with Gasteiger partial charge in [0.2, 0.25) is 11.8 Å². The third-order valence-corrected chi connectivity index (χ3v) is 4.90. The van der Waals surface area contributed by atoms with E-state index in [9.17, 15) is 9.59 Å². The average molecular weight is 384 g/mol. The molecule has 1 aromatic carbocycles. The summed E-state index contributed by atoms with van der Waals surface area (Å²) in [5, 5.41) is 5.62. The van der Waals surface area contributed by atoms with Crippen LogP contribution in [0.5, 0.6) is 0 Å². The normalized spacial score (nSPS) is 15.4. The van der Waals surface area contributed by atoms with Gasteiger partial charge in [0, 0.05) is 70.0 Å². The molecular weight excluding hydrogens is 356 g/mol. The first-order valence-corrected chi connectivity index (χ1v) is 9.59. The Bertz CT molecular complexity index is 793. The fourth-order valence-electron chi connectivity index (χ4n) is 3.30. The molecule has 0 radical (unpaired) electrons. The number of rotatable bonds is 7. The number of aryl methyl sites for hydroxylation is 1. The summed E-state index contributed by atoms with van der Waals surface area (Å²) in [5.74, 6) is 0.909. The number of hydrogen-bond acceptors (Lipinski definition) is 5. The van der Waals surface area contributed by atoms with E-state index in [-0.39, 0.29) is 11.8 Å². The summed E-state index contributed by atoms with van der Waals surface area (Å²) in [5.41, 5.74) is 1.45. The Morgan fingerprint density at radius 3 is 2.14 bits per heavy atom. The minimum atomic E-state index is -0.115. The lowest BCUT2D eigenvalue weighted by molar-refractivity contribution is -0.117. The monoisotopic (exact) mass is 384 g/mol. The van der Waals surface area contributed by atoms with Crippen molar-refractivity contribution >= 4 is 23.2 Å². The summed E-state index contributed by atoms with van der Waals surface area (Å²) in [7, 11) is 0. The SMILES string of the molecule is CC(=O)Nc1ccc(NC(=O)CN2CCN(CCn3ccnc3C)CC2)cc1. The number of anilines is 2. The van der Waals surface area contributed by atoms with E-state index in [1.54, 1.807) is 24.3 Å². The van der Waals surface area contributed by atoms with E-state index in [1.165, 1.54) is 6.92 Å². The lowest BCUT2D eigenvalue weighted by Crippen LogP contribution is -2.49. The Kier molecular flexibility index (Phi) is 6.78. The van der Waals surface area contributed by atoms with Crippen LogP contribution in [0.25, 0.3) is 0 Å². The van der Waals surface area contributed by atoms with Gasteiger partial charge in [0.25, 0.3) is 0 Å². The van der Waals surface area contributed by atoms with Gasteiger partial charge in [-0.15, -0.1) is 0 Å². The zero-order valence-electron chi connectivity index (χ0n) is 16.5. The van der Waals surface area contributed by atoms with Gasteiger partial charge in [-0.25, -0.2) is 4.98 Å². The number of amides is 2. The molecule has 2 heterocycles. The molecule has 0 spiro atoms. The number of nitrogens with one attached hydrogen (secondary N) is 2. The second kappa shape index (κ2) is 9.48. The number of carbonyl (C=O) groups is 2. The zero-order chi connectivity index (χ0) is 19.9. The van der Waals surface area contributed by atoms with Gasteiger partial charge in [-0.05, 0) is 31.2 Å². The number of piperazine rings is 1. The minimum Gasteiger partial charge on any atom is -0.334 e. The van der Waals surface area contributed by atoms with Crippen LogP contribution in [0.3, 0.4) is 0 Å². The van der Waals surface area contributed by atoms with Crippen molar-refractivity contribution < 1.29 is 9.59 Å². The molecule has 2 aromatic rings. The van der Waals surface area contributed by atoms with Crippen molar-refractivity contribution in [1.82, 2.24) is 19.4 Å². The Labute approximate surface area is 165 Å². The number of hydrogen-bond donors (Lipinski definition) is 2. The highest BCUT2D eigenvalue weighted by Gasteiger charge is 2.19. The molecule has 1 aliphatic rings. The maximum absolute atomic E-state index is 12.3. The molecule has 150 valence electrons. The highest BCUT2D eigenvalue weighted by molar-refractivity contribution is 5.93. The van der Waals surface area contributed by atoms with Crippen LogP contribution in [0.2, 0.25) is 0 Å². The van der Waals surface area contributed by atoms with Crippen LogP contribution >= 0.6 is 0 Å². The first kappa shape index (κ1) is 20.0. The molecular formula is C20H28N6O2. The van der Waals surface area contributed by atoms with E-state index < -0.39 is 0 Å². The highest BCUT2D eigenvalue weighted by atomic mass is 16.2. The predicted octanol–water partition coefficient (Wildman–Crippen LogP) is 1.41. The summed E-state index contributed by atoms with van der Waals surface area (Å²) in [6, 6.07) is 7.13. The number of nitrogens with zero attached hydrogens (tertiary/aromatic N) is 4. The van der Waals surface area contributed by atoms with Crippen molar-refractivity contribution in [1.29, 1.82) is 0 Å². The predicted molar refractivity (Wildman–Crippen MR) is 109 cm³/mol. The van der Waals surface area contributed by atoms with Crippen LogP contribution < -0.4 is 10.6 Å². The number of aromatic nitrogens is 2. The molecule has 2 amide bonds. The van der Waals surface area contributed by atoms with Gasteiger partial charge in [-0.1, -0.05) is 0 Å². The lowest BCUT2D eigenvalue weighted by atomic mass is 10.2. The van der Waals surface area contributed by atoms with Crippen LogP contribution in [0, 0.1) is 6.92 Å². The van der Waals surface area contributed by atoms with E-state index in [0.29, 0.717) is 12.2 Å². The van der Waals surface area contributed by atoms with Crippen LogP contribution in [0.1, 0.15) is 12.7 Å². The molecule has 1 aromatic heterocycles. The molecule has 0 saturated carbocycles. The van der Waals surface area contributed by atoms with Gasteiger partial charge in [-0.2, -0.15) is 0 Å². The summed E-state index contributed by atoms with van der Waals surface area (Å²) in [6.45, 7) is 9.52. The Hall–Kier alpha value is -2.71. The largest absolute Gasteiger partial charge is 0.334 e. The van der Waals surface area contributed by atoms with Crippen molar-refractivity contribution in [3.05, 3.63) is 42.5 Å². The second-order valence-corrected chi connectivity index (χ2v) is 7.09. The molecule has 0 atom stereocenters. The van der Waals surface area contributed by atoms with Gasteiger partial charge >= 0.3 is 0 Å². The molecule has 8 heteroatoms. The van der Waals surface area contributed by atoms with E-state index in [1.807, 2.05) is 19.3 Å². The highest BCUT2D eigenvalue weighted by Crippen LogP contribution is 2.13. The van der Waals surface area contributed by atoms with E-state index in [2.05, 4.69) is 30.0 Å². The Morgan fingerprint density at radius 1 is 0.964 bits per heavy atom. The molecule has 1 aliphatic heterocycles. The summed E-state index contributed by atoms with van der Waals surface area (Å²) in [6.07, 6.45) is 3.85. The first-order chi connectivity index (χ1) is 13.5. The van der Waals surface area contributed by atoms with E-state index in [4.69, 9.17) is 0 Å². The summed E-state index contributed by atoms with van der Waals surface area (Å²) in [4.78, 5) is 32.2. The number of carbonyl (C=O) groups excluding carboxylic acids is 2. The summed E-state index contributed by atoms with van der Waals surface area (Å²) >= 11 is 0. The van der Waals surface area contributed by atoms with E-state index in [0.717, 1.165) is 50.8 Å². The van der Waals surface area contributed by atoms with Gasteiger partial charge in [0.15, 0.2) is 0 Å². The Morgan fingerprint density at radius 2 is 1.57 bits per heavy atom. The first-order valence-electron chi connectivity index (χ1n) is 9.59. The van der Waals surface area contributed by atoms with E-state index >= 15 is 0 Å². The smallest absolute Gasteiger partial charge is 0.238 e. The molecule has 8 nitrogen and oxygen atoms in total. The van der Waals surface area contributed by atoms with Gasteiger partial charge in [-0.3, -0.25) is 19.4 Å². The fourth-order valence-corrected chi connectivity index (χ4v) is 3.30. The van der Waals surface area contributed by atoms with Crippen molar-refractivity contribution in [2.75, 3.05) is 49.9 Å². The molecule has 1 saturated heterocycles. The molecule has 0 unspecified atom stereocenters.